The van der Waals surface area contributed by atoms with E-state index in [4.69, 9.17) is 14.9 Å². The van der Waals surface area contributed by atoms with Crippen molar-refractivity contribution in [2.45, 2.75) is 25.6 Å². The lowest BCUT2D eigenvalue weighted by atomic mass is 10.1. The van der Waals surface area contributed by atoms with E-state index in [2.05, 4.69) is 0 Å². The number of benzene rings is 1. The molecule has 0 fully saturated rings. The highest BCUT2D eigenvalue weighted by Crippen LogP contribution is 2.06. The monoisotopic (exact) mass is 224 g/mol. The summed E-state index contributed by atoms with van der Waals surface area (Å²) in [6.07, 6.45) is -1.25. The van der Waals surface area contributed by atoms with E-state index in [1.807, 2.05) is 30.3 Å². The zero-order valence-corrected chi connectivity index (χ0v) is 9.17. The minimum absolute atomic E-state index is 0.0315. The first-order valence-corrected chi connectivity index (χ1v) is 5.16. The summed E-state index contributed by atoms with van der Waals surface area (Å²) in [6, 6.07) is 9.27. The van der Waals surface area contributed by atoms with Gasteiger partial charge in [-0.2, -0.15) is 0 Å². The maximum absolute atomic E-state index is 10.9. The highest BCUT2D eigenvalue weighted by Gasteiger charge is 2.19. The Labute approximate surface area is 94.5 Å². The predicted octanol–water partition coefficient (Wildman–Crippen LogP) is 1.08. The molecule has 0 amide bonds. The topological polar surface area (TPSA) is 66.8 Å². The van der Waals surface area contributed by atoms with E-state index in [1.54, 1.807) is 6.92 Å². The van der Waals surface area contributed by atoms with E-state index >= 15 is 0 Å². The summed E-state index contributed by atoms with van der Waals surface area (Å²) in [7, 11) is 0. The van der Waals surface area contributed by atoms with Gasteiger partial charge >= 0.3 is 5.97 Å². The second-order valence-electron chi connectivity index (χ2n) is 3.70. The molecular weight excluding hydrogens is 208 g/mol. The van der Waals surface area contributed by atoms with E-state index < -0.39 is 18.2 Å². The number of hydrogen-bond donors (Lipinski definition) is 2. The van der Waals surface area contributed by atoms with Gasteiger partial charge in [-0.3, -0.25) is 0 Å². The molecule has 0 saturated heterocycles. The fourth-order valence-corrected chi connectivity index (χ4v) is 1.30. The van der Waals surface area contributed by atoms with Gasteiger partial charge in [0.15, 0.2) is 6.10 Å². The lowest BCUT2D eigenvalue weighted by Crippen LogP contribution is -2.29. The first-order valence-electron chi connectivity index (χ1n) is 5.16. The average Bonchev–Trinajstić information content (AvgIpc) is 2.25. The molecule has 0 heterocycles. The molecular formula is C12H16O4. The molecule has 4 heteroatoms. The molecule has 0 saturated carbocycles. The van der Waals surface area contributed by atoms with Crippen LogP contribution >= 0.6 is 0 Å². The first kappa shape index (κ1) is 12.7. The molecule has 2 N–H and O–H groups in total. The van der Waals surface area contributed by atoms with Gasteiger partial charge < -0.3 is 14.9 Å². The summed E-state index contributed by atoms with van der Waals surface area (Å²) < 4.78 is 5.12. The van der Waals surface area contributed by atoms with Crippen LogP contribution in [0.3, 0.4) is 0 Å². The van der Waals surface area contributed by atoms with Crippen LogP contribution in [-0.4, -0.2) is 35.0 Å². The number of rotatable bonds is 6. The molecule has 88 valence electrons. The van der Waals surface area contributed by atoms with Gasteiger partial charge in [0.05, 0.1) is 12.7 Å². The molecule has 0 aliphatic rings. The van der Waals surface area contributed by atoms with Crippen LogP contribution in [0.4, 0.5) is 0 Å². The van der Waals surface area contributed by atoms with Crippen LogP contribution < -0.4 is 0 Å². The Balaban J connectivity index is 2.55. The van der Waals surface area contributed by atoms with E-state index in [0.717, 1.165) is 5.56 Å². The van der Waals surface area contributed by atoms with E-state index in [9.17, 15) is 4.79 Å². The fraction of sp³-hybridized carbons (Fsp3) is 0.417. The summed E-state index contributed by atoms with van der Waals surface area (Å²) in [5.41, 5.74) is 0.903. The molecule has 1 aromatic carbocycles. The number of carbonyl (C=O) groups is 1. The maximum Gasteiger partial charge on any atom is 0.333 e. The van der Waals surface area contributed by atoms with Gasteiger partial charge in [-0.25, -0.2) is 4.79 Å². The third-order valence-electron chi connectivity index (χ3n) is 2.08. The Kier molecular flexibility index (Phi) is 4.95. The van der Waals surface area contributed by atoms with Gasteiger partial charge in [0.25, 0.3) is 0 Å². The standard InChI is InChI=1S/C12H16O4/c1-9(13)8-16-11(12(14)15)7-10-5-3-2-4-6-10/h2-6,9,11,13H,7-8H2,1H3,(H,14,15)/t9-,11?/m0/s1. The van der Waals surface area contributed by atoms with Gasteiger partial charge in [0.1, 0.15) is 0 Å². The Bertz CT molecular complexity index is 321. The zero-order valence-electron chi connectivity index (χ0n) is 9.17. The number of carboxylic acid groups (broad SMARTS) is 1. The second-order valence-corrected chi connectivity index (χ2v) is 3.70. The first-order chi connectivity index (χ1) is 7.59. The van der Waals surface area contributed by atoms with Crippen molar-refractivity contribution in [3.63, 3.8) is 0 Å². The van der Waals surface area contributed by atoms with Crippen LogP contribution in [0.15, 0.2) is 30.3 Å². The average molecular weight is 224 g/mol. The zero-order chi connectivity index (χ0) is 12.0. The van der Waals surface area contributed by atoms with Crippen LogP contribution in [0.1, 0.15) is 12.5 Å². The van der Waals surface area contributed by atoms with Crippen LogP contribution in [0.2, 0.25) is 0 Å². The number of ether oxygens (including phenoxy) is 1. The quantitative estimate of drug-likeness (QED) is 0.758. The van der Waals surface area contributed by atoms with Crippen molar-refractivity contribution >= 4 is 5.97 Å². The van der Waals surface area contributed by atoms with Crippen molar-refractivity contribution in [2.75, 3.05) is 6.61 Å². The molecule has 1 aromatic rings. The number of carboxylic acids is 1. The molecule has 4 nitrogen and oxygen atoms in total. The minimum atomic E-state index is -1.01. The van der Waals surface area contributed by atoms with E-state index in [1.165, 1.54) is 0 Å². The number of aliphatic carboxylic acids is 1. The smallest absolute Gasteiger partial charge is 0.333 e. The second kappa shape index (κ2) is 6.25. The maximum atomic E-state index is 10.9. The summed E-state index contributed by atoms with van der Waals surface area (Å²) in [6.45, 7) is 1.59. The molecule has 0 aromatic heterocycles. The van der Waals surface area contributed by atoms with Crippen LogP contribution in [0.5, 0.6) is 0 Å². The van der Waals surface area contributed by atoms with Crippen molar-refractivity contribution < 1.29 is 19.7 Å². The summed E-state index contributed by atoms with van der Waals surface area (Å²) in [5, 5.41) is 18.0. The molecule has 1 unspecified atom stereocenters. The lowest BCUT2D eigenvalue weighted by molar-refractivity contribution is -0.151. The van der Waals surface area contributed by atoms with Crippen LogP contribution in [0.25, 0.3) is 0 Å². The van der Waals surface area contributed by atoms with Crippen molar-refractivity contribution in [3.05, 3.63) is 35.9 Å². The van der Waals surface area contributed by atoms with Crippen molar-refractivity contribution in [3.8, 4) is 0 Å². The third-order valence-corrected chi connectivity index (χ3v) is 2.08. The minimum Gasteiger partial charge on any atom is -0.479 e. The van der Waals surface area contributed by atoms with Crippen LogP contribution in [0, 0.1) is 0 Å². The van der Waals surface area contributed by atoms with Gasteiger partial charge in [0.2, 0.25) is 0 Å². The largest absolute Gasteiger partial charge is 0.479 e. The molecule has 2 atom stereocenters. The van der Waals surface area contributed by atoms with Gasteiger partial charge in [-0.15, -0.1) is 0 Å². The highest BCUT2D eigenvalue weighted by atomic mass is 16.5. The SMILES string of the molecule is C[C@H](O)COC(Cc1ccccc1)C(=O)O. The number of aliphatic hydroxyl groups excluding tert-OH is 1. The molecule has 0 spiro atoms. The lowest BCUT2D eigenvalue weighted by Gasteiger charge is -2.14. The Morgan fingerprint density at radius 3 is 2.50 bits per heavy atom. The van der Waals surface area contributed by atoms with Gasteiger partial charge in [-0.1, -0.05) is 30.3 Å². The predicted molar refractivity (Wildman–Crippen MR) is 59.2 cm³/mol. The number of hydrogen-bond acceptors (Lipinski definition) is 3. The van der Waals surface area contributed by atoms with Crippen LogP contribution in [-0.2, 0) is 16.0 Å². The van der Waals surface area contributed by atoms with Crippen molar-refractivity contribution in [1.82, 2.24) is 0 Å². The Morgan fingerprint density at radius 2 is 2.00 bits per heavy atom. The molecule has 0 radical (unpaired) electrons. The third kappa shape index (κ3) is 4.42. The summed E-state index contributed by atoms with van der Waals surface area (Å²) in [5.74, 6) is -1.01. The molecule has 0 bridgehead atoms. The molecule has 16 heavy (non-hydrogen) atoms. The van der Waals surface area contributed by atoms with Gasteiger partial charge in [-0.05, 0) is 12.5 Å². The summed E-state index contributed by atoms with van der Waals surface area (Å²) in [4.78, 5) is 10.9. The fourth-order valence-electron chi connectivity index (χ4n) is 1.30. The van der Waals surface area contributed by atoms with Crippen molar-refractivity contribution in [1.29, 1.82) is 0 Å². The van der Waals surface area contributed by atoms with E-state index in [-0.39, 0.29) is 6.61 Å². The molecule has 0 aliphatic heterocycles. The van der Waals surface area contributed by atoms with Gasteiger partial charge in [0, 0.05) is 6.42 Å². The molecule has 1 rings (SSSR count). The Morgan fingerprint density at radius 1 is 1.38 bits per heavy atom. The van der Waals surface area contributed by atoms with E-state index in [0.29, 0.717) is 6.42 Å². The summed E-state index contributed by atoms with van der Waals surface area (Å²) >= 11 is 0. The highest BCUT2D eigenvalue weighted by molar-refractivity contribution is 5.72. The Hall–Kier alpha value is -1.39. The number of aliphatic hydroxyl groups is 1. The van der Waals surface area contributed by atoms with Crippen molar-refractivity contribution in [2.24, 2.45) is 0 Å². The molecule has 0 aliphatic carbocycles. The normalized spacial score (nSPS) is 14.4.